The Kier molecular flexibility index (Phi) is 6.59. The molecule has 27 heavy (non-hydrogen) atoms. The van der Waals surface area contributed by atoms with Crippen molar-refractivity contribution in [2.75, 3.05) is 13.1 Å². The summed E-state index contributed by atoms with van der Waals surface area (Å²) < 4.78 is 27.5. The first-order valence-corrected chi connectivity index (χ1v) is 11.3. The van der Waals surface area contributed by atoms with Crippen LogP contribution in [0.25, 0.3) is 0 Å². The number of thiazole rings is 1. The SMILES string of the molecule is NCc1nc(CC(=O)NCc2ccccc2S(=O)(=O)N2CCCCC2)cs1. The van der Waals surface area contributed by atoms with E-state index < -0.39 is 10.0 Å². The number of nitrogens with two attached hydrogens (primary N) is 1. The lowest BCUT2D eigenvalue weighted by molar-refractivity contribution is -0.120. The molecule has 1 amide bonds. The fourth-order valence-electron chi connectivity index (χ4n) is 3.09. The number of hydrogen-bond acceptors (Lipinski definition) is 6. The summed E-state index contributed by atoms with van der Waals surface area (Å²) in [5, 5.41) is 5.41. The first kappa shape index (κ1) is 19.9. The Bertz CT molecular complexity index is 890. The lowest BCUT2D eigenvalue weighted by atomic mass is 10.2. The first-order valence-electron chi connectivity index (χ1n) is 8.99. The van der Waals surface area contributed by atoms with Crippen molar-refractivity contribution in [3.8, 4) is 0 Å². The molecular weight excluding hydrogens is 384 g/mol. The summed E-state index contributed by atoms with van der Waals surface area (Å²) in [4.78, 5) is 16.7. The van der Waals surface area contributed by atoms with Crippen LogP contribution in [0.4, 0.5) is 0 Å². The second kappa shape index (κ2) is 8.92. The Morgan fingerprint density at radius 2 is 1.96 bits per heavy atom. The van der Waals surface area contributed by atoms with Crippen LogP contribution >= 0.6 is 11.3 Å². The van der Waals surface area contributed by atoms with E-state index >= 15 is 0 Å². The Morgan fingerprint density at radius 3 is 2.67 bits per heavy atom. The van der Waals surface area contributed by atoms with Crippen LogP contribution in [0.15, 0.2) is 34.5 Å². The van der Waals surface area contributed by atoms with Crippen LogP contribution in [-0.2, 0) is 34.3 Å². The zero-order chi connectivity index (χ0) is 19.3. The lowest BCUT2D eigenvalue weighted by Crippen LogP contribution is -2.36. The van der Waals surface area contributed by atoms with Crippen molar-refractivity contribution in [3.63, 3.8) is 0 Å². The van der Waals surface area contributed by atoms with E-state index in [4.69, 9.17) is 5.73 Å². The van der Waals surface area contributed by atoms with Gasteiger partial charge in [-0.2, -0.15) is 4.31 Å². The molecule has 1 saturated heterocycles. The number of rotatable bonds is 7. The fraction of sp³-hybridized carbons (Fsp3) is 0.444. The molecule has 2 heterocycles. The van der Waals surface area contributed by atoms with Gasteiger partial charge in [-0.05, 0) is 24.5 Å². The molecule has 7 nitrogen and oxygen atoms in total. The number of nitrogens with one attached hydrogen (secondary N) is 1. The van der Waals surface area contributed by atoms with Gasteiger partial charge in [0, 0.05) is 31.6 Å². The standard InChI is InChI=1S/C18H24N4O3S2/c19-11-18-21-15(13-26-18)10-17(23)20-12-14-6-2-3-7-16(14)27(24,25)22-8-4-1-5-9-22/h2-3,6-7,13H,1,4-5,8-12,19H2,(H,20,23). The van der Waals surface area contributed by atoms with Gasteiger partial charge in [0.1, 0.15) is 5.01 Å². The maximum absolute atomic E-state index is 13.0. The highest BCUT2D eigenvalue weighted by Gasteiger charge is 2.27. The molecule has 0 atom stereocenters. The normalized spacial score (nSPS) is 15.6. The smallest absolute Gasteiger partial charge is 0.243 e. The number of nitrogens with zero attached hydrogens (tertiary/aromatic N) is 2. The van der Waals surface area contributed by atoms with Crippen LogP contribution < -0.4 is 11.1 Å². The summed E-state index contributed by atoms with van der Waals surface area (Å²) in [5.74, 6) is -0.200. The predicted octanol–water partition coefficient (Wildman–Crippen LogP) is 1.64. The molecule has 1 fully saturated rings. The molecular formula is C18H24N4O3S2. The molecule has 1 aromatic carbocycles. The van der Waals surface area contributed by atoms with Gasteiger partial charge in [0.15, 0.2) is 0 Å². The quantitative estimate of drug-likeness (QED) is 0.724. The van der Waals surface area contributed by atoms with Crippen molar-refractivity contribution in [2.24, 2.45) is 5.73 Å². The van der Waals surface area contributed by atoms with Crippen molar-refractivity contribution in [3.05, 3.63) is 45.9 Å². The van der Waals surface area contributed by atoms with Crippen molar-refractivity contribution in [2.45, 2.75) is 43.7 Å². The van der Waals surface area contributed by atoms with Crippen molar-refractivity contribution < 1.29 is 13.2 Å². The second-order valence-corrected chi connectivity index (χ2v) is 9.31. The highest BCUT2D eigenvalue weighted by Crippen LogP contribution is 2.23. The predicted molar refractivity (Wildman–Crippen MR) is 105 cm³/mol. The minimum atomic E-state index is -3.54. The van der Waals surface area contributed by atoms with Crippen LogP contribution in [0.5, 0.6) is 0 Å². The molecule has 0 unspecified atom stereocenters. The third-order valence-electron chi connectivity index (χ3n) is 4.50. The molecule has 0 saturated carbocycles. The zero-order valence-corrected chi connectivity index (χ0v) is 16.7. The van der Waals surface area contributed by atoms with Gasteiger partial charge in [-0.1, -0.05) is 24.6 Å². The third kappa shape index (κ3) is 4.92. The summed E-state index contributed by atoms with van der Waals surface area (Å²) in [5.41, 5.74) is 6.80. The number of carbonyl (C=O) groups excluding carboxylic acids is 1. The van der Waals surface area contributed by atoms with E-state index in [1.807, 2.05) is 5.38 Å². The van der Waals surface area contributed by atoms with E-state index in [1.54, 1.807) is 28.6 Å². The Balaban J connectivity index is 1.67. The number of aromatic nitrogens is 1. The van der Waals surface area contributed by atoms with Crippen LogP contribution in [0, 0.1) is 0 Å². The highest BCUT2D eigenvalue weighted by atomic mass is 32.2. The van der Waals surface area contributed by atoms with Crippen LogP contribution in [-0.4, -0.2) is 36.7 Å². The van der Waals surface area contributed by atoms with E-state index in [0.717, 1.165) is 24.3 Å². The van der Waals surface area contributed by atoms with Gasteiger partial charge in [-0.25, -0.2) is 13.4 Å². The van der Waals surface area contributed by atoms with Crippen LogP contribution in [0.3, 0.4) is 0 Å². The van der Waals surface area contributed by atoms with E-state index in [-0.39, 0.29) is 23.8 Å². The van der Waals surface area contributed by atoms with Gasteiger partial charge in [-0.3, -0.25) is 4.79 Å². The van der Waals surface area contributed by atoms with E-state index in [1.165, 1.54) is 11.3 Å². The number of carbonyl (C=O) groups is 1. The molecule has 3 rings (SSSR count). The zero-order valence-electron chi connectivity index (χ0n) is 15.1. The summed E-state index contributed by atoms with van der Waals surface area (Å²) in [6.07, 6.45) is 2.98. The van der Waals surface area contributed by atoms with Crippen molar-refractivity contribution in [1.82, 2.24) is 14.6 Å². The molecule has 0 radical (unpaired) electrons. The van der Waals surface area contributed by atoms with Gasteiger partial charge < -0.3 is 11.1 Å². The minimum absolute atomic E-state index is 0.150. The van der Waals surface area contributed by atoms with Gasteiger partial charge in [-0.15, -0.1) is 11.3 Å². The topological polar surface area (TPSA) is 105 Å². The third-order valence-corrected chi connectivity index (χ3v) is 7.42. The van der Waals surface area contributed by atoms with E-state index in [9.17, 15) is 13.2 Å². The molecule has 0 spiro atoms. The Hall–Kier alpha value is -1.81. The largest absolute Gasteiger partial charge is 0.352 e. The van der Waals surface area contributed by atoms with Gasteiger partial charge in [0.25, 0.3) is 0 Å². The van der Waals surface area contributed by atoms with Gasteiger partial charge >= 0.3 is 0 Å². The number of sulfonamides is 1. The Morgan fingerprint density at radius 1 is 1.22 bits per heavy atom. The molecule has 1 aliphatic rings. The molecule has 3 N–H and O–H groups in total. The van der Waals surface area contributed by atoms with E-state index in [2.05, 4.69) is 10.3 Å². The van der Waals surface area contributed by atoms with Crippen molar-refractivity contribution >= 4 is 27.3 Å². The first-order chi connectivity index (χ1) is 13.0. The maximum atomic E-state index is 13.0. The molecule has 1 aliphatic heterocycles. The molecule has 2 aromatic rings. The second-order valence-electron chi connectivity index (χ2n) is 6.46. The van der Waals surface area contributed by atoms with Gasteiger partial charge in [0.05, 0.1) is 17.0 Å². The monoisotopic (exact) mass is 408 g/mol. The highest BCUT2D eigenvalue weighted by molar-refractivity contribution is 7.89. The maximum Gasteiger partial charge on any atom is 0.243 e. The van der Waals surface area contributed by atoms with Crippen LogP contribution in [0.2, 0.25) is 0 Å². The van der Waals surface area contributed by atoms with E-state index in [0.29, 0.717) is 30.9 Å². The molecule has 1 aromatic heterocycles. The average molecular weight is 409 g/mol. The Labute approximate surface area is 163 Å². The summed E-state index contributed by atoms with van der Waals surface area (Å²) in [7, 11) is -3.54. The minimum Gasteiger partial charge on any atom is -0.352 e. The number of amides is 1. The summed E-state index contributed by atoms with van der Waals surface area (Å²) in [6.45, 7) is 1.62. The summed E-state index contributed by atoms with van der Waals surface area (Å²) >= 11 is 1.43. The lowest BCUT2D eigenvalue weighted by Gasteiger charge is -2.26. The number of piperidine rings is 1. The van der Waals surface area contributed by atoms with Crippen molar-refractivity contribution in [1.29, 1.82) is 0 Å². The molecule has 9 heteroatoms. The number of hydrogen-bond donors (Lipinski definition) is 2. The van der Waals surface area contributed by atoms with Gasteiger partial charge in [0.2, 0.25) is 15.9 Å². The fourth-order valence-corrected chi connectivity index (χ4v) is 5.50. The molecule has 0 bridgehead atoms. The average Bonchev–Trinajstić information content (AvgIpc) is 3.15. The molecule has 146 valence electrons. The molecule has 0 aliphatic carbocycles. The number of benzene rings is 1. The summed E-state index contributed by atoms with van der Waals surface area (Å²) in [6, 6.07) is 6.85. The van der Waals surface area contributed by atoms with Crippen LogP contribution in [0.1, 0.15) is 35.5 Å².